The number of piperidine rings is 1. The number of alkyl halides is 3. The maximum Gasteiger partial charge on any atom is 0.437 e. The van der Waals surface area contributed by atoms with Crippen molar-refractivity contribution in [3.05, 3.63) is 107 Å². The Balaban J connectivity index is 1.05. The van der Waals surface area contributed by atoms with E-state index in [1.165, 1.54) is 17.8 Å². The number of aromatic nitrogens is 2. The van der Waals surface area contributed by atoms with Gasteiger partial charge in [0.2, 0.25) is 17.5 Å². The number of halogens is 3. The number of amides is 1. The van der Waals surface area contributed by atoms with Crippen LogP contribution in [0.25, 0.3) is 0 Å². The summed E-state index contributed by atoms with van der Waals surface area (Å²) in [6.45, 7) is 2.70. The number of hydrogen-bond acceptors (Lipinski definition) is 8. The van der Waals surface area contributed by atoms with Crippen LogP contribution in [0.15, 0.2) is 77.3 Å². The number of carboxylic acids is 1. The van der Waals surface area contributed by atoms with Gasteiger partial charge in [-0.05, 0) is 47.6 Å². The molecule has 0 bridgehead atoms. The number of oxazole rings is 1. The van der Waals surface area contributed by atoms with E-state index in [2.05, 4.69) is 9.97 Å². The van der Waals surface area contributed by atoms with Crippen molar-refractivity contribution in [1.82, 2.24) is 14.9 Å². The molecule has 4 aromatic rings. The zero-order valence-corrected chi connectivity index (χ0v) is 26.0. The Morgan fingerprint density at radius 2 is 1.52 bits per heavy atom. The summed E-state index contributed by atoms with van der Waals surface area (Å²) in [5.74, 6) is -2.01. The van der Waals surface area contributed by atoms with E-state index in [4.69, 9.17) is 4.42 Å². The molecular formula is C35H34F3N5O5. The number of pyridine rings is 1. The van der Waals surface area contributed by atoms with Crippen LogP contribution in [-0.4, -0.2) is 76.9 Å². The summed E-state index contributed by atoms with van der Waals surface area (Å²) in [5.41, 5.74) is 0.840. The molecule has 0 atom stereocenters. The third-order valence-electron chi connectivity index (χ3n) is 8.89. The molecule has 1 amide bonds. The molecule has 48 heavy (non-hydrogen) atoms. The first-order valence-corrected chi connectivity index (χ1v) is 15.8. The average Bonchev–Trinajstić information content (AvgIpc) is 3.56. The Morgan fingerprint density at radius 3 is 2.17 bits per heavy atom. The summed E-state index contributed by atoms with van der Waals surface area (Å²) in [6.07, 6.45) is -2.32. The summed E-state index contributed by atoms with van der Waals surface area (Å²) < 4.78 is 47.4. The van der Waals surface area contributed by atoms with Crippen LogP contribution in [0.3, 0.4) is 0 Å². The summed E-state index contributed by atoms with van der Waals surface area (Å²) >= 11 is 0. The van der Waals surface area contributed by atoms with Crippen LogP contribution >= 0.6 is 0 Å². The monoisotopic (exact) mass is 661 g/mol. The smallest absolute Gasteiger partial charge is 0.437 e. The molecule has 250 valence electrons. The highest BCUT2D eigenvalue weighted by molar-refractivity contribution is 5.96. The van der Waals surface area contributed by atoms with Crippen LogP contribution in [-0.2, 0) is 23.8 Å². The largest absolute Gasteiger partial charge is 0.478 e. The van der Waals surface area contributed by atoms with Gasteiger partial charge in [-0.15, -0.1) is 0 Å². The van der Waals surface area contributed by atoms with Crippen LogP contribution in [0.1, 0.15) is 62.1 Å². The van der Waals surface area contributed by atoms with Gasteiger partial charge in [0.15, 0.2) is 5.69 Å². The first-order chi connectivity index (χ1) is 23.1. The maximum atomic E-state index is 13.9. The molecule has 2 fully saturated rings. The zero-order valence-electron chi connectivity index (χ0n) is 26.0. The molecule has 2 aliphatic heterocycles. The molecule has 2 saturated heterocycles. The predicted molar refractivity (Wildman–Crippen MR) is 170 cm³/mol. The van der Waals surface area contributed by atoms with E-state index < -0.39 is 29.4 Å². The normalized spacial score (nSPS) is 15.9. The molecule has 0 spiro atoms. The Morgan fingerprint density at radius 1 is 0.833 bits per heavy atom. The standard InChI is InChI=1S/C35H34F3N5O5/c36-35(37,38)32-31(48-34(40-32)43-14-12-25(13-15-43)24-6-2-1-3-7-24)28(44)20-23-10-11-29(39-22-23)41-16-18-42(19-17-41)30(45)21-26-8-4-5-9-27(26)33(46)47/h1-11,22,25H,12-21H2,(H,46,47). The molecule has 2 aliphatic rings. The molecule has 0 aliphatic carbocycles. The fraction of sp³-hybridized carbons (Fsp3) is 0.343. The van der Waals surface area contributed by atoms with Gasteiger partial charge >= 0.3 is 12.1 Å². The minimum absolute atomic E-state index is 0.0149. The van der Waals surface area contributed by atoms with Crippen LogP contribution in [0, 0.1) is 0 Å². The number of carboxylic acid groups (broad SMARTS) is 1. The van der Waals surface area contributed by atoms with Gasteiger partial charge in [0.25, 0.3) is 6.01 Å². The van der Waals surface area contributed by atoms with Crippen molar-refractivity contribution in [1.29, 1.82) is 0 Å². The Bertz CT molecular complexity index is 1760. The molecule has 0 unspecified atom stereocenters. The fourth-order valence-electron chi connectivity index (χ4n) is 6.27. The van der Waals surface area contributed by atoms with Gasteiger partial charge < -0.3 is 24.2 Å². The van der Waals surface area contributed by atoms with Crippen LogP contribution in [0.4, 0.5) is 25.0 Å². The quantitative estimate of drug-likeness (QED) is 0.232. The van der Waals surface area contributed by atoms with Crippen LogP contribution < -0.4 is 9.80 Å². The predicted octanol–water partition coefficient (Wildman–Crippen LogP) is 5.49. The number of benzene rings is 2. The van der Waals surface area contributed by atoms with Gasteiger partial charge in [-0.2, -0.15) is 18.2 Å². The van der Waals surface area contributed by atoms with E-state index in [0.717, 1.165) is 12.8 Å². The molecule has 2 aromatic carbocycles. The number of carbonyl (C=O) groups excluding carboxylic acids is 2. The van der Waals surface area contributed by atoms with Gasteiger partial charge in [-0.3, -0.25) is 9.59 Å². The molecule has 0 saturated carbocycles. The average molecular weight is 662 g/mol. The van der Waals surface area contributed by atoms with Crippen molar-refractivity contribution in [3.63, 3.8) is 0 Å². The second-order valence-electron chi connectivity index (χ2n) is 12.0. The lowest BCUT2D eigenvalue weighted by Crippen LogP contribution is -2.49. The highest BCUT2D eigenvalue weighted by atomic mass is 19.4. The zero-order chi connectivity index (χ0) is 33.8. The number of anilines is 2. The summed E-state index contributed by atoms with van der Waals surface area (Å²) in [4.78, 5) is 51.0. The lowest BCUT2D eigenvalue weighted by molar-refractivity contribution is -0.141. The number of carbonyl (C=O) groups is 3. The number of piperazine rings is 1. The number of Topliss-reactive ketones (excluding diaryl/α,β-unsaturated/α-hetero) is 1. The number of ketones is 1. The van der Waals surface area contributed by atoms with Crippen molar-refractivity contribution >= 4 is 29.5 Å². The van der Waals surface area contributed by atoms with E-state index in [0.29, 0.717) is 56.2 Å². The van der Waals surface area contributed by atoms with Crippen molar-refractivity contribution in [2.45, 2.75) is 37.8 Å². The lowest BCUT2D eigenvalue weighted by atomic mass is 9.90. The maximum absolute atomic E-state index is 13.9. The highest BCUT2D eigenvalue weighted by Gasteiger charge is 2.42. The molecule has 6 rings (SSSR count). The second-order valence-corrected chi connectivity index (χ2v) is 12.0. The molecule has 4 heterocycles. The molecule has 2 aromatic heterocycles. The van der Waals surface area contributed by atoms with Gasteiger partial charge in [-0.1, -0.05) is 54.6 Å². The second kappa shape index (κ2) is 13.9. The van der Waals surface area contributed by atoms with Crippen molar-refractivity contribution in [2.24, 2.45) is 0 Å². The SMILES string of the molecule is O=C(O)c1ccccc1CC(=O)N1CCN(c2ccc(CC(=O)c3oc(N4CCC(c5ccccc5)CC4)nc3C(F)(F)F)cn2)CC1. The molecule has 0 radical (unpaired) electrons. The van der Waals surface area contributed by atoms with Crippen molar-refractivity contribution in [2.75, 3.05) is 49.1 Å². The Hall–Kier alpha value is -5.20. The van der Waals surface area contributed by atoms with E-state index in [-0.39, 0.29) is 36.2 Å². The molecule has 13 heteroatoms. The van der Waals surface area contributed by atoms with Gasteiger partial charge in [-0.25, -0.2) is 9.78 Å². The minimum atomic E-state index is -4.86. The molecule has 10 nitrogen and oxygen atoms in total. The summed E-state index contributed by atoms with van der Waals surface area (Å²) in [5, 5.41) is 9.40. The minimum Gasteiger partial charge on any atom is -0.478 e. The summed E-state index contributed by atoms with van der Waals surface area (Å²) in [7, 11) is 0. The van der Waals surface area contributed by atoms with Gasteiger partial charge in [0.05, 0.1) is 12.0 Å². The Kier molecular flexibility index (Phi) is 9.47. The van der Waals surface area contributed by atoms with E-state index in [9.17, 15) is 32.7 Å². The molecule has 1 N–H and O–H groups in total. The third kappa shape index (κ3) is 7.35. The Labute approximate surface area is 274 Å². The van der Waals surface area contributed by atoms with Gasteiger partial charge in [0.1, 0.15) is 5.82 Å². The number of aromatic carboxylic acids is 1. The van der Waals surface area contributed by atoms with Crippen molar-refractivity contribution in [3.8, 4) is 0 Å². The summed E-state index contributed by atoms with van der Waals surface area (Å²) in [6, 6.07) is 19.5. The fourth-order valence-corrected chi connectivity index (χ4v) is 6.27. The lowest BCUT2D eigenvalue weighted by Gasteiger charge is -2.35. The first kappa shape index (κ1) is 32.7. The van der Waals surface area contributed by atoms with Gasteiger partial charge in [0, 0.05) is 51.9 Å². The topological polar surface area (TPSA) is 120 Å². The number of rotatable bonds is 9. The van der Waals surface area contributed by atoms with E-state index >= 15 is 0 Å². The van der Waals surface area contributed by atoms with E-state index in [1.54, 1.807) is 40.1 Å². The van der Waals surface area contributed by atoms with Crippen LogP contribution in [0.5, 0.6) is 0 Å². The van der Waals surface area contributed by atoms with E-state index in [1.807, 2.05) is 35.2 Å². The first-order valence-electron chi connectivity index (χ1n) is 15.8. The van der Waals surface area contributed by atoms with Crippen molar-refractivity contribution < 1.29 is 37.1 Å². The van der Waals surface area contributed by atoms with Crippen LogP contribution in [0.2, 0.25) is 0 Å². The highest BCUT2D eigenvalue weighted by Crippen LogP contribution is 2.37. The molecular weight excluding hydrogens is 627 g/mol. The third-order valence-corrected chi connectivity index (χ3v) is 8.89. The number of nitrogens with zero attached hydrogens (tertiary/aromatic N) is 5. The number of hydrogen-bond donors (Lipinski definition) is 1.